The van der Waals surface area contributed by atoms with Crippen molar-refractivity contribution < 1.29 is 9.53 Å². The lowest BCUT2D eigenvalue weighted by Crippen LogP contribution is -2.23. The number of fused-ring (bicyclic) bond motifs is 1. The number of hydrogen-bond acceptors (Lipinski definition) is 4. The number of ether oxygens (including phenoxy) is 1. The fraction of sp³-hybridized carbons (Fsp3) is 0.105. The summed E-state index contributed by atoms with van der Waals surface area (Å²) in [6, 6.07) is 15.4. The minimum Gasteiger partial charge on any atom is -0.465 e. The second-order valence-corrected chi connectivity index (χ2v) is 6.10. The first-order valence-electron chi connectivity index (χ1n) is 7.92. The van der Waals surface area contributed by atoms with Crippen LogP contribution in [0.3, 0.4) is 0 Å². The molecule has 0 bridgehead atoms. The molecule has 0 aliphatic carbocycles. The van der Waals surface area contributed by atoms with Crippen LogP contribution in [0, 0.1) is 0 Å². The predicted octanol–water partition coefficient (Wildman–Crippen LogP) is 2.64. The molecule has 0 radical (unpaired) electrons. The molecule has 0 unspecified atom stereocenters. The molecule has 3 aromatic rings. The van der Waals surface area contributed by atoms with Gasteiger partial charge in [0.15, 0.2) is 5.11 Å². The second kappa shape index (κ2) is 7.79. The largest absolute Gasteiger partial charge is 0.465 e. The van der Waals surface area contributed by atoms with Crippen molar-refractivity contribution in [3.05, 3.63) is 71.4 Å². The monoisotopic (exact) mass is 366 g/mol. The number of nitrogens with zero attached hydrogens (tertiary/aromatic N) is 2. The first-order valence-corrected chi connectivity index (χ1v) is 8.33. The zero-order valence-electron chi connectivity index (χ0n) is 14.2. The highest BCUT2D eigenvalue weighted by Gasteiger charge is 2.09. The molecule has 0 aliphatic heterocycles. The molecule has 3 N–H and O–H groups in total. The van der Waals surface area contributed by atoms with E-state index in [1.54, 1.807) is 12.3 Å². The molecule has 2 aromatic carbocycles. The van der Waals surface area contributed by atoms with Gasteiger partial charge >= 0.3 is 5.97 Å². The highest BCUT2D eigenvalue weighted by molar-refractivity contribution is 7.80. The highest BCUT2D eigenvalue weighted by Crippen LogP contribution is 2.21. The van der Waals surface area contributed by atoms with E-state index < -0.39 is 0 Å². The number of carbonyl (C=O) groups excluding carboxylic acids is 1. The van der Waals surface area contributed by atoms with Gasteiger partial charge in [0, 0.05) is 29.2 Å². The third-order valence-corrected chi connectivity index (χ3v) is 3.99. The van der Waals surface area contributed by atoms with Gasteiger partial charge in [-0.1, -0.05) is 30.3 Å². The van der Waals surface area contributed by atoms with Gasteiger partial charge in [-0.25, -0.2) is 4.79 Å². The first kappa shape index (κ1) is 17.6. The van der Waals surface area contributed by atoms with E-state index in [9.17, 15) is 4.79 Å². The van der Waals surface area contributed by atoms with Gasteiger partial charge in [-0.15, -0.1) is 0 Å². The standard InChI is InChI=1S/C19H18N4O2S/c1-25-18(24)14-6-4-5-13(9-14)11-23-12-15(10-21-22-19(20)26)16-7-2-3-8-17(16)23/h2-10,12H,11H2,1H3,(H3,20,22,26)/b21-10-. The van der Waals surface area contributed by atoms with Crippen molar-refractivity contribution in [3.63, 3.8) is 0 Å². The molecule has 0 spiro atoms. The summed E-state index contributed by atoms with van der Waals surface area (Å²) in [6.45, 7) is 0.613. The minimum atomic E-state index is -0.346. The fourth-order valence-electron chi connectivity index (χ4n) is 2.79. The molecule has 0 aliphatic rings. The molecule has 7 heteroatoms. The third kappa shape index (κ3) is 3.89. The Labute approximate surface area is 156 Å². The summed E-state index contributed by atoms with van der Waals surface area (Å²) in [5.74, 6) is -0.346. The van der Waals surface area contributed by atoms with Crippen LogP contribution in [0.5, 0.6) is 0 Å². The van der Waals surface area contributed by atoms with E-state index in [-0.39, 0.29) is 11.1 Å². The highest BCUT2D eigenvalue weighted by atomic mass is 32.1. The number of nitrogens with one attached hydrogen (secondary N) is 1. The molecule has 132 valence electrons. The predicted molar refractivity (Wildman–Crippen MR) is 106 cm³/mol. The van der Waals surface area contributed by atoms with Crippen molar-refractivity contribution >= 4 is 40.4 Å². The number of para-hydroxylation sites is 1. The van der Waals surface area contributed by atoms with E-state index in [0.29, 0.717) is 12.1 Å². The van der Waals surface area contributed by atoms with E-state index in [1.807, 2.05) is 48.7 Å². The zero-order chi connectivity index (χ0) is 18.5. The molecule has 26 heavy (non-hydrogen) atoms. The van der Waals surface area contributed by atoms with Crippen molar-refractivity contribution in [2.24, 2.45) is 10.8 Å². The molecule has 0 fully saturated rings. The molecule has 1 heterocycles. The third-order valence-electron chi connectivity index (χ3n) is 3.90. The summed E-state index contributed by atoms with van der Waals surface area (Å²) < 4.78 is 6.89. The number of carbonyl (C=O) groups is 1. The van der Waals surface area contributed by atoms with E-state index in [2.05, 4.69) is 15.1 Å². The Balaban J connectivity index is 1.94. The second-order valence-electron chi connectivity index (χ2n) is 5.66. The quantitative estimate of drug-likeness (QED) is 0.314. The maximum atomic E-state index is 11.7. The molecule has 1 aromatic heterocycles. The van der Waals surface area contributed by atoms with Crippen LogP contribution < -0.4 is 11.2 Å². The number of aromatic nitrogens is 1. The van der Waals surface area contributed by atoms with Crippen LogP contribution in [0.1, 0.15) is 21.5 Å². The summed E-state index contributed by atoms with van der Waals surface area (Å²) in [6.07, 6.45) is 3.68. The Hall–Kier alpha value is -3.19. The van der Waals surface area contributed by atoms with E-state index in [1.165, 1.54) is 7.11 Å². The van der Waals surface area contributed by atoms with Crippen molar-refractivity contribution in [1.29, 1.82) is 0 Å². The van der Waals surface area contributed by atoms with Crippen LogP contribution in [0.15, 0.2) is 59.8 Å². The number of thiocarbonyl (C=S) groups is 1. The summed E-state index contributed by atoms with van der Waals surface area (Å²) >= 11 is 4.75. The van der Waals surface area contributed by atoms with Crippen LogP contribution in [0.4, 0.5) is 0 Å². The lowest BCUT2D eigenvalue weighted by atomic mass is 10.1. The van der Waals surface area contributed by atoms with Gasteiger partial charge < -0.3 is 15.0 Å². The van der Waals surface area contributed by atoms with Gasteiger partial charge in [0.05, 0.1) is 18.9 Å². The Morgan fingerprint density at radius 1 is 1.31 bits per heavy atom. The van der Waals surface area contributed by atoms with Crippen LogP contribution >= 0.6 is 12.2 Å². The first-order chi connectivity index (χ1) is 12.6. The topological polar surface area (TPSA) is 81.6 Å². The maximum absolute atomic E-state index is 11.7. The summed E-state index contributed by atoms with van der Waals surface area (Å²) in [4.78, 5) is 11.7. The van der Waals surface area contributed by atoms with Crippen molar-refractivity contribution in [2.75, 3.05) is 7.11 Å². The van der Waals surface area contributed by atoms with Gasteiger partial charge in [0.1, 0.15) is 0 Å². The molecule has 0 amide bonds. The SMILES string of the molecule is COC(=O)c1cccc(Cn2cc(/C=N\NC(N)=S)c3ccccc32)c1. The number of methoxy groups -OCH3 is 1. The minimum absolute atomic E-state index is 0.115. The van der Waals surface area contributed by atoms with Crippen LogP contribution in [-0.4, -0.2) is 29.0 Å². The van der Waals surface area contributed by atoms with Crippen molar-refractivity contribution in [3.8, 4) is 0 Å². The maximum Gasteiger partial charge on any atom is 0.337 e. The Kier molecular flexibility index (Phi) is 5.28. The Morgan fingerprint density at radius 3 is 2.88 bits per heavy atom. The van der Waals surface area contributed by atoms with E-state index in [0.717, 1.165) is 22.0 Å². The molecule has 0 saturated carbocycles. The molecule has 6 nitrogen and oxygen atoms in total. The van der Waals surface area contributed by atoms with Gasteiger partial charge in [-0.05, 0) is 36.0 Å². The van der Waals surface area contributed by atoms with Gasteiger partial charge in [0.25, 0.3) is 0 Å². The lowest BCUT2D eigenvalue weighted by Gasteiger charge is -2.07. The van der Waals surface area contributed by atoms with Crippen LogP contribution in [-0.2, 0) is 11.3 Å². The van der Waals surface area contributed by atoms with Crippen molar-refractivity contribution in [2.45, 2.75) is 6.54 Å². The van der Waals surface area contributed by atoms with E-state index in [4.69, 9.17) is 22.7 Å². The average Bonchev–Trinajstić information content (AvgIpc) is 2.99. The van der Waals surface area contributed by atoms with Crippen LogP contribution in [0.2, 0.25) is 0 Å². The summed E-state index contributed by atoms with van der Waals surface area (Å²) in [5, 5.41) is 5.22. The number of hydrogen-bond donors (Lipinski definition) is 2. The molecule has 3 rings (SSSR count). The molecular weight excluding hydrogens is 348 g/mol. The Bertz CT molecular complexity index is 994. The lowest BCUT2D eigenvalue weighted by molar-refractivity contribution is 0.0600. The molecular formula is C19H18N4O2S. The Morgan fingerprint density at radius 2 is 2.12 bits per heavy atom. The van der Waals surface area contributed by atoms with Crippen LogP contribution in [0.25, 0.3) is 10.9 Å². The normalized spacial score (nSPS) is 11.0. The van der Waals surface area contributed by atoms with Crippen molar-refractivity contribution in [1.82, 2.24) is 9.99 Å². The molecule has 0 atom stereocenters. The number of rotatable bonds is 5. The average molecular weight is 366 g/mol. The number of nitrogens with two attached hydrogens (primary N) is 1. The zero-order valence-corrected chi connectivity index (χ0v) is 15.0. The number of esters is 1. The number of hydrazone groups is 1. The smallest absolute Gasteiger partial charge is 0.337 e. The van der Waals surface area contributed by atoms with Gasteiger partial charge in [-0.2, -0.15) is 5.10 Å². The molecule has 0 saturated heterocycles. The van der Waals surface area contributed by atoms with Gasteiger partial charge in [0.2, 0.25) is 0 Å². The van der Waals surface area contributed by atoms with E-state index >= 15 is 0 Å². The summed E-state index contributed by atoms with van der Waals surface area (Å²) in [5.41, 5.74) is 11.5. The number of benzene rings is 2. The summed E-state index contributed by atoms with van der Waals surface area (Å²) in [7, 11) is 1.38. The van der Waals surface area contributed by atoms with Gasteiger partial charge in [-0.3, -0.25) is 5.43 Å². The fourth-order valence-corrected chi connectivity index (χ4v) is 2.84.